The molecule has 0 spiro atoms. The van der Waals surface area contributed by atoms with Gasteiger partial charge < -0.3 is 15.5 Å². The Morgan fingerprint density at radius 2 is 1.52 bits per heavy atom. The lowest BCUT2D eigenvalue weighted by Gasteiger charge is -2.34. The standard InChI is InChI=1S/C20H35N3O2/c24-19(21-14-16-8-3-1-4-9-16)17-10-7-13-23(15-17)20(25)22-18-11-5-2-6-12-18/h16-18H,1-15H2,(H,21,24)(H,22,25)/t17-/m0/s1. The van der Waals surface area contributed by atoms with Crippen LogP contribution in [-0.4, -0.2) is 42.5 Å². The Balaban J connectivity index is 1.41. The molecule has 3 rings (SSSR count). The van der Waals surface area contributed by atoms with E-state index in [2.05, 4.69) is 10.6 Å². The maximum atomic E-state index is 12.5. The zero-order chi connectivity index (χ0) is 17.5. The van der Waals surface area contributed by atoms with Gasteiger partial charge in [0.25, 0.3) is 0 Å². The number of nitrogens with zero attached hydrogens (tertiary/aromatic N) is 1. The lowest BCUT2D eigenvalue weighted by atomic mass is 9.89. The van der Waals surface area contributed by atoms with Gasteiger partial charge in [-0.1, -0.05) is 38.5 Å². The molecule has 3 fully saturated rings. The second-order valence-corrected chi connectivity index (χ2v) is 8.32. The fourth-order valence-corrected chi connectivity index (χ4v) is 4.67. The summed E-state index contributed by atoms with van der Waals surface area (Å²) in [6.45, 7) is 2.18. The topological polar surface area (TPSA) is 61.4 Å². The van der Waals surface area contributed by atoms with Crippen molar-refractivity contribution in [1.82, 2.24) is 15.5 Å². The average Bonchev–Trinajstić information content (AvgIpc) is 2.68. The largest absolute Gasteiger partial charge is 0.356 e. The van der Waals surface area contributed by atoms with E-state index >= 15 is 0 Å². The van der Waals surface area contributed by atoms with Gasteiger partial charge in [0.05, 0.1) is 5.92 Å². The molecule has 3 aliphatic rings. The molecule has 0 radical (unpaired) electrons. The van der Waals surface area contributed by atoms with E-state index in [4.69, 9.17) is 0 Å². The third kappa shape index (κ3) is 5.61. The monoisotopic (exact) mass is 349 g/mol. The van der Waals surface area contributed by atoms with Crippen molar-refractivity contribution >= 4 is 11.9 Å². The van der Waals surface area contributed by atoms with Crippen molar-refractivity contribution in [3.8, 4) is 0 Å². The van der Waals surface area contributed by atoms with Gasteiger partial charge in [-0.2, -0.15) is 0 Å². The highest BCUT2D eigenvalue weighted by Crippen LogP contribution is 2.23. The van der Waals surface area contributed by atoms with Crippen LogP contribution >= 0.6 is 0 Å². The highest BCUT2D eigenvalue weighted by atomic mass is 16.2. The number of amides is 3. The van der Waals surface area contributed by atoms with Crippen LogP contribution in [0.15, 0.2) is 0 Å². The number of likely N-dealkylation sites (tertiary alicyclic amines) is 1. The van der Waals surface area contributed by atoms with Crippen molar-refractivity contribution < 1.29 is 9.59 Å². The molecule has 2 saturated carbocycles. The molecular formula is C20H35N3O2. The maximum absolute atomic E-state index is 12.5. The van der Waals surface area contributed by atoms with Crippen LogP contribution < -0.4 is 10.6 Å². The molecule has 1 saturated heterocycles. The predicted octanol–water partition coefficient (Wildman–Crippen LogP) is 3.44. The van der Waals surface area contributed by atoms with Crippen LogP contribution in [0, 0.1) is 11.8 Å². The third-order valence-corrected chi connectivity index (χ3v) is 6.30. The second-order valence-electron chi connectivity index (χ2n) is 8.32. The minimum atomic E-state index is -0.0329. The van der Waals surface area contributed by atoms with Gasteiger partial charge in [0, 0.05) is 25.7 Å². The average molecular weight is 350 g/mol. The van der Waals surface area contributed by atoms with Gasteiger partial charge in [-0.3, -0.25) is 4.79 Å². The summed E-state index contributed by atoms with van der Waals surface area (Å²) in [5.74, 6) is 0.780. The van der Waals surface area contributed by atoms with Gasteiger partial charge in [-0.25, -0.2) is 4.79 Å². The number of nitrogens with one attached hydrogen (secondary N) is 2. The first-order chi connectivity index (χ1) is 12.2. The summed E-state index contributed by atoms with van der Waals surface area (Å²) in [4.78, 5) is 26.9. The quantitative estimate of drug-likeness (QED) is 0.817. The van der Waals surface area contributed by atoms with E-state index < -0.39 is 0 Å². The van der Waals surface area contributed by atoms with E-state index in [-0.39, 0.29) is 17.9 Å². The number of piperidine rings is 1. The molecule has 1 aliphatic heterocycles. The van der Waals surface area contributed by atoms with Crippen molar-refractivity contribution in [2.24, 2.45) is 11.8 Å². The molecular weight excluding hydrogens is 314 g/mol. The molecule has 0 aromatic rings. The summed E-state index contributed by atoms with van der Waals surface area (Å²) in [5.41, 5.74) is 0. The van der Waals surface area contributed by atoms with E-state index in [1.807, 2.05) is 4.90 Å². The fourth-order valence-electron chi connectivity index (χ4n) is 4.67. The number of hydrogen-bond donors (Lipinski definition) is 2. The van der Waals surface area contributed by atoms with Crippen LogP contribution in [0.25, 0.3) is 0 Å². The molecule has 1 atom stereocenters. The first-order valence-electron chi connectivity index (χ1n) is 10.6. The van der Waals surface area contributed by atoms with Crippen molar-refractivity contribution in [3.63, 3.8) is 0 Å². The van der Waals surface area contributed by atoms with Crippen molar-refractivity contribution in [2.45, 2.75) is 83.1 Å². The highest BCUT2D eigenvalue weighted by molar-refractivity contribution is 5.80. The van der Waals surface area contributed by atoms with Gasteiger partial charge in [-0.15, -0.1) is 0 Å². The normalized spacial score (nSPS) is 26.2. The molecule has 0 unspecified atom stereocenters. The first kappa shape index (κ1) is 18.5. The van der Waals surface area contributed by atoms with E-state index in [9.17, 15) is 9.59 Å². The van der Waals surface area contributed by atoms with Crippen LogP contribution in [0.4, 0.5) is 4.79 Å². The van der Waals surface area contributed by atoms with Gasteiger partial charge in [-0.05, 0) is 44.4 Å². The van der Waals surface area contributed by atoms with Crippen LogP contribution in [0.3, 0.4) is 0 Å². The lowest BCUT2D eigenvalue weighted by Crippen LogP contribution is -2.51. The van der Waals surface area contributed by atoms with Crippen LogP contribution in [-0.2, 0) is 4.79 Å². The fraction of sp³-hybridized carbons (Fsp3) is 0.900. The van der Waals surface area contributed by atoms with Crippen LogP contribution in [0.1, 0.15) is 77.0 Å². The SMILES string of the molecule is O=C(NCC1CCCCC1)[C@H]1CCCN(C(=O)NC2CCCCC2)C1. The molecule has 0 aromatic carbocycles. The molecule has 5 heteroatoms. The Morgan fingerprint density at radius 3 is 2.24 bits per heavy atom. The summed E-state index contributed by atoms with van der Waals surface area (Å²) >= 11 is 0. The van der Waals surface area contributed by atoms with Crippen molar-refractivity contribution in [1.29, 1.82) is 0 Å². The van der Waals surface area contributed by atoms with E-state index in [1.165, 1.54) is 51.4 Å². The highest BCUT2D eigenvalue weighted by Gasteiger charge is 2.29. The van der Waals surface area contributed by atoms with Gasteiger partial charge in [0.1, 0.15) is 0 Å². The molecule has 0 aromatic heterocycles. The van der Waals surface area contributed by atoms with E-state index in [0.29, 0.717) is 18.5 Å². The Kier molecular flexibility index (Phi) is 7.00. The van der Waals surface area contributed by atoms with Gasteiger partial charge in [0.2, 0.25) is 5.91 Å². The third-order valence-electron chi connectivity index (χ3n) is 6.30. The molecule has 142 valence electrons. The predicted molar refractivity (Wildman–Crippen MR) is 99.3 cm³/mol. The van der Waals surface area contributed by atoms with Gasteiger partial charge in [0.15, 0.2) is 0 Å². The number of urea groups is 1. The summed E-state index contributed by atoms with van der Waals surface area (Å²) in [5, 5.41) is 6.35. The summed E-state index contributed by atoms with van der Waals surface area (Å²) in [6.07, 6.45) is 14.2. The Hall–Kier alpha value is -1.26. The van der Waals surface area contributed by atoms with Crippen LogP contribution in [0.2, 0.25) is 0 Å². The summed E-state index contributed by atoms with van der Waals surface area (Å²) in [6, 6.07) is 0.374. The first-order valence-corrected chi connectivity index (χ1v) is 10.6. The molecule has 25 heavy (non-hydrogen) atoms. The lowest BCUT2D eigenvalue weighted by molar-refractivity contribution is -0.126. The van der Waals surface area contributed by atoms with Gasteiger partial charge >= 0.3 is 6.03 Å². The van der Waals surface area contributed by atoms with E-state index in [1.54, 1.807) is 0 Å². The number of carbonyl (C=O) groups excluding carboxylic acids is 2. The number of hydrogen-bond acceptors (Lipinski definition) is 2. The van der Waals surface area contributed by atoms with Crippen molar-refractivity contribution in [2.75, 3.05) is 19.6 Å². The molecule has 5 nitrogen and oxygen atoms in total. The minimum Gasteiger partial charge on any atom is -0.356 e. The molecule has 1 heterocycles. The van der Waals surface area contributed by atoms with Crippen molar-refractivity contribution in [3.05, 3.63) is 0 Å². The summed E-state index contributed by atoms with van der Waals surface area (Å²) < 4.78 is 0. The molecule has 2 aliphatic carbocycles. The molecule has 2 N–H and O–H groups in total. The zero-order valence-electron chi connectivity index (χ0n) is 15.6. The maximum Gasteiger partial charge on any atom is 0.317 e. The zero-order valence-corrected chi connectivity index (χ0v) is 15.6. The number of carbonyl (C=O) groups is 2. The Morgan fingerprint density at radius 1 is 0.840 bits per heavy atom. The molecule has 0 bridgehead atoms. The minimum absolute atomic E-state index is 0.0329. The Bertz CT molecular complexity index is 442. The summed E-state index contributed by atoms with van der Waals surface area (Å²) in [7, 11) is 0. The Labute approximate surface area is 152 Å². The second kappa shape index (κ2) is 9.44. The van der Waals surface area contributed by atoms with E-state index in [0.717, 1.165) is 38.8 Å². The smallest absolute Gasteiger partial charge is 0.317 e. The van der Waals surface area contributed by atoms with Crippen LogP contribution in [0.5, 0.6) is 0 Å². The number of rotatable bonds is 4. The molecule has 3 amide bonds.